The highest BCUT2D eigenvalue weighted by atomic mass is 16.5. The summed E-state index contributed by atoms with van der Waals surface area (Å²) in [5.74, 6) is 1.73. The summed E-state index contributed by atoms with van der Waals surface area (Å²) in [6, 6.07) is 5.85. The first-order chi connectivity index (χ1) is 8.33. The van der Waals surface area contributed by atoms with Crippen molar-refractivity contribution in [2.24, 2.45) is 0 Å². The van der Waals surface area contributed by atoms with Gasteiger partial charge < -0.3 is 9.47 Å². The monoisotopic (exact) mass is 232 g/mol. The molecule has 1 aromatic carbocycles. The molecule has 2 heteroatoms. The van der Waals surface area contributed by atoms with Gasteiger partial charge in [0.1, 0.15) is 18.1 Å². The number of rotatable bonds is 8. The van der Waals surface area contributed by atoms with Crippen LogP contribution in [0.4, 0.5) is 0 Å². The van der Waals surface area contributed by atoms with Gasteiger partial charge in [-0.3, -0.25) is 0 Å². The van der Waals surface area contributed by atoms with Gasteiger partial charge in [0, 0.05) is 5.56 Å². The zero-order chi connectivity index (χ0) is 12.5. The summed E-state index contributed by atoms with van der Waals surface area (Å²) in [6.07, 6.45) is 5.32. The van der Waals surface area contributed by atoms with Crippen LogP contribution in [0.5, 0.6) is 11.5 Å². The molecular weight excluding hydrogens is 212 g/mol. The van der Waals surface area contributed by atoms with Gasteiger partial charge in [0.15, 0.2) is 0 Å². The lowest BCUT2D eigenvalue weighted by Gasteiger charge is -2.14. The zero-order valence-electron chi connectivity index (χ0n) is 10.4. The quantitative estimate of drug-likeness (QED) is 0.635. The normalized spacial score (nSPS) is 9.71. The van der Waals surface area contributed by atoms with Crippen molar-refractivity contribution in [2.45, 2.75) is 19.8 Å². The molecule has 1 rings (SSSR count). The van der Waals surface area contributed by atoms with Crippen molar-refractivity contribution in [2.75, 3.05) is 13.2 Å². The van der Waals surface area contributed by atoms with Crippen molar-refractivity contribution in [3.63, 3.8) is 0 Å². The maximum Gasteiger partial charge on any atom is 0.126 e. The highest BCUT2D eigenvalue weighted by molar-refractivity contribution is 5.46. The predicted octanol–water partition coefficient (Wildman–Crippen LogP) is 3.77. The third-order valence-corrected chi connectivity index (χ3v) is 2.26. The number of hydrogen-bond acceptors (Lipinski definition) is 2. The van der Waals surface area contributed by atoms with Crippen LogP contribution in [-0.4, -0.2) is 13.2 Å². The largest absolute Gasteiger partial charge is 0.493 e. The summed E-state index contributed by atoms with van der Waals surface area (Å²) in [5.41, 5.74) is 1.05. The van der Waals surface area contributed by atoms with Crippen LogP contribution in [0.3, 0.4) is 0 Å². The van der Waals surface area contributed by atoms with Gasteiger partial charge in [-0.15, -0.1) is 6.58 Å². The molecule has 1 aromatic rings. The Kier molecular flexibility index (Phi) is 5.94. The van der Waals surface area contributed by atoms with Crippen LogP contribution in [0.2, 0.25) is 0 Å². The molecular formula is C15H20O2. The van der Waals surface area contributed by atoms with E-state index < -0.39 is 0 Å². The fraction of sp³-hybridized carbons (Fsp3) is 0.333. The number of ether oxygens (including phenoxy) is 2. The van der Waals surface area contributed by atoms with E-state index in [1.807, 2.05) is 24.3 Å². The van der Waals surface area contributed by atoms with Crippen LogP contribution in [0.15, 0.2) is 43.5 Å². The average Bonchev–Trinajstić information content (AvgIpc) is 2.36. The molecule has 0 saturated heterocycles. The van der Waals surface area contributed by atoms with Crippen LogP contribution in [0, 0.1) is 0 Å². The van der Waals surface area contributed by atoms with Gasteiger partial charge in [-0.1, -0.05) is 31.7 Å². The van der Waals surface area contributed by atoms with Gasteiger partial charge >= 0.3 is 0 Å². The predicted molar refractivity (Wildman–Crippen MR) is 71.8 cm³/mol. The highest BCUT2D eigenvalue weighted by Gasteiger charge is 2.08. The Labute approximate surface area is 104 Å². The van der Waals surface area contributed by atoms with Crippen molar-refractivity contribution in [1.82, 2.24) is 0 Å². The molecule has 92 valence electrons. The van der Waals surface area contributed by atoms with E-state index in [0.29, 0.717) is 6.61 Å². The molecule has 0 spiro atoms. The summed E-state index contributed by atoms with van der Waals surface area (Å²) in [5, 5.41) is 0. The van der Waals surface area contributed by atoms with Gasteiger partial charge in [-0.2, -0.15) is 0 Å². The summed E-state index contributed by atoms with van der Waals surface area (Å²) in [4.78, 5) is 0. The first-order valence-electron chi connectivity index (χ1n) is 5.92. The standard InChI is InChI=1S/C15H20O2/c1-4-8-13-14(16-11-5-2)9-7-10-15(13)17-12-6-3/h4-5,7,9-10H,1-2,6,8,11-12H2,3H3. The van der Waals surface area contributed by atoms with Crippen molar-refractivity contribution >= 4 is 0 Å². The van der Waals surface area contributed by atoms with E-state index in [9.17, 15) is 0 Å². The second-order valence-corrected chi connectivity index (χ2v) is 3.67. The van der Waals surface area contributed by atoms with Crippen molar-refractivity contribution in [3.8, 4) is 11.5 Å². The molecule has 2 nitrogen and oxygen atoms in total. The van der Waals surface area contributed by atoms with E-state index in [1.165, 1.54) is 0 Å². The van der Waals surface area contributed by atoms with Crippen LogP contribution in [0.25, 0.3) is 0 Å². The number of hydrogen-bond donors (Lipinski definition) is 0. The Morgan fingerprint density at radius 3 is 2.41 bits per heavy atom. The van der Waals surface area contributed by atoms with E-state index in [-0.39, 0.29) is 0 Å². The van der Waals surface area contributed by atoms with Gasteiger partial charge in [-0.05, 0) is 25.0 Å². The van der Waals surface area contributed by atoms with E-state index in [4.69, 9.17) is 9.47 Å². The zero-order valence-corrected chi connectivity index (χ0v) is 10.4. The fourth-order valence-corrected chi connectivity index (χ4v) is 1.52. The number of allylic oxidation sites excluding steroid dienone is 1. The lowest BCUT2D eigenvalue weighted by molar-refractivity contribution is 0.308. The van der Waals surface area contributed by atoms with Crippen molar-refractivity contribution in [3.05, 3.63) is 49.1 Å². The molecule has 0 bridgehead atoms. The third kappa shape index (κ3) is 3.99. The summed E-state index contributed by atoms with van der Waals surface area (Å²) in [6.45, 7) is 10.7. The Morgan fingerprint density at radius 1 is 1.12 bits per heavy atom. The molecule has 0 aliphatic rings. The van der Waals surface area contributed by atoms with Gasteiger partial charge in [0.2, 0.25) is 0 Å². The second-order valence-electron chi connectivity index (χ2n) is 3.67. The topological polar surface area (TPSA) is 18.5 Å². The maximum atomic E-state index is 5.71. The SMILES string of the molecule is C=CCOc1cccc(OCCC)c1CC=C. The van der Waals surface area contributed by atoms with E-state index >= 15 is 0 Å². The Balaban J connectivity index is 2.93. The molecule has 0 atom stereocenters. The Hall–Kier alpha value is -1.70. The van der Waals surface area contributed by atoms with E-state index in [0.717, 1.165) is 36.5 Å². The molecule has 17 heavy (non-hydrogen) atoms. The van der Waals surface area contributed by atoms with Crippen molar-refractivity contribution in [1.29, 1.82) is 0 Å². The lowest BCUT2D eigenvalue weighted by Crippen LogP contribution is -2.02. The van der Waals surface area contributed by atoms with Gasteiger partial charge in [0.05, 0.1) is 6.61 Å². The van der Waals surface area contributed by atoms with E-state index in [1.54, 1.807) is 6.08 Å². The summed E-state index contributed by atoms with van der Waals surface area (Å²) >= 11 is 0. The fourth-order valence-electron chi connectivity index (χ4n) is 1.52. The molecule has 0 aliphatic heterocycles. The average molecular weight is 232 g/mol. The van der Waals surface area contributed by atoms with Crippen molar-refractivity contribution < 1.29 is 9.47 Å². The molecule has 0 aromatic heterocycles. The third-order valence-electron chi connectivity index (χ3n) is 2.26. The van der Waals surface area contributed by atoms with Crippen LogP contribution >= 0.6 is 0 Å². The molecule has 0 saturated carbocycles. The minimum absolute atomic E-state index is 0.501. The molecule has 0 radical (unpaired) electrons. The first-order valence-corrected chi connectivity index (χ1v) is 5.92. The van der Waals surface area contributed by atoms with Crippen LogP contribution in [0.1, 0.15) is 18.9 Å². The minimum atomic E-state index is 0.501. The van der Waals surface area contributed by atoms with Gasteiger partial charge in [0.25, 0.3) is 0 Å². The molecule has 0 fully saturated rings. The lowest BCUT2D eigenvalue weighted by atomic mass is 10.1. The molecule has 0 heterocycles. The Bertz CT molecular complexity index is 369. The highest BCUT2D eigenvalue weighted by Crippen LogP contribution is 2.29. The minimum Gasteiger partial charge on any atom is -0.493 e. The summed E-state index contributed by atoms with van der Waals surface area (Å²) in [7, 11) is 0. The Morgan fingerprint density at radius 2 is 1.82 bits per heavy atom. The smallest absolute Gasteiger partial charge is 0.126 e. The first kappa shape index (κ1) is 13.4. The molecule has 0 amide bonds. The van der Waals surface area contributed by atoms with Crippen LogP contribution < -0.4 is 9.47 Å². The molecule has 0 N–H and O–H groups in total. The molecule has 0 unspecified atom stereocenters. The van der Waals surface area contributed by atoms with Crippen LogP contribution in [-0.2, 0) is 6.42 Å². The molecule has 0 aliphatic carbocycles. The summed E-state index contributed by atoms with van der Waals surface area (Å²) < 4.78 is 11.3. The maximum absolute atomic E-state index is 5.71. The van der Waals surface area contributed by atoms with E-state index in [2.05, 4.69) is 20.1 Å². The second kappa shape index (κ2) is 7.55. The van der Waals surface area contributed by atoms with Gasteiger partial charge in [-0.25, -0.2) is 0 Å². The number of benzene rings is 1.